The van der Waals surface area contributed by atoms with Gasteiger partial charge in [0.05, 0.1) is 33.0 Å². The van der Waals surface area contributed by atoms with E-state index in [1.165, 1.54) is 0 Å². The number of ether oxygens (including phenoxy) is 4. The molecule has 166 valence electrons. The van der Waals surface area contributed by atoms with Crippen LogP contribution in [-0.2, 0) is 14.3 Å². The number of methoxy groups -OCH3 is 3. The lowest BCUT2D eigenvalue weighted by atomic mass is 9.77. The van der Waals surface area contributed by atoms with Crippen LogP contribution in [0.4, 0.5) is 0 Å². The van der Waals surface area contributed by atoms with Crippen molar-refractivity contribution in [3.8, 4) is 11.5 Å². The van der Waals surface area contributed by atoms with E-state index in [1.807, 2.05) is 9.80 Å². The molecule has 0 aliphatic carbocycles. The van der Waals surface area contributed by atoms with Gasteiger partial charge in [-0.1, -0.05) is 0 Å². The summed E-state index contributed by atoms with van der Waals surface area (Å²) in [5, 5.41) is 0. The number of nitrogens with zero attached hydrogens (tertiary/aromatic N) is 2. The van der Waals surface area contributed by atoms with Crippen LogP contribution >= 0.6 is 0 Å². The van der Waals surface area contributed by atoms with Gasteiger partial charge < -0.3 is 28.7 Å². The zero-order chi connectivity index (χ0) is 21.6. The third-order valence-corrected chi connectivity index (χ3v) is 6.20. The summed E-state index contributed by atoms with van der Waals surface area (Å²) in [4.78, 5) is 29.3. The Morgan fingerprint density at radius 2 is 1.67 bits per heavy atom. The topological polar surface area (TPSA) is 77.5 Å². The molecule has 0 saturated carbocycles. The number of carbonyl (C=O) groups excluding carboxylic acids is 2. The predicted molar refractivity (Wildman–Crippen MR) is 111 cm³/mol. The van der Waals surface area contributed by atoms with Gasteiger partial charge in [-0.05, 0) is 42.9 Å². The van der Waals surface area contributed by atoms with Crippen molar-refractivity contribution in [3.05, 3.63) is 23.8 Å². The molecular formula is C22H32N2O6. The number of hydrogen-bond acceptors (Lipinski definition) is 6. The van der Waals surface area contributed by atoms with Crippen molar-refractivity contribution in [2.75, 3.05) is 67.3 Å². The highest BCUT2D eigenvalue weighted by atomic mass is 16.5. The summed E-state index contributed by atoms with van der Waals surface area (Å²) >= 11 is 0. The van der Waals surface area contributed by atoms with Crippen molar-refractivity contribution in [1.29, 1.82) is 0 Å². The van der Waals surface area contributed by atoms with Crippen LogP contribution in [0, 0.1) is 5.41 Å². The number of hydrogen-bond donors (Lipinski definition) is 0. The molecule has 2 aliphatic rings. The Kier molecular flexibility index (Phi) is 7.55. The number of rotatable bonds is 8. The fraction of sp³-hybridized carbons (Fsp3) is 0.636. The van der Waals surface area contributed by atoms with Gasteiger partial charge >= 0.3 is 0 Å². The van der Waals surface area contributed by atoms with Crippen LogP contribution in [0.2, 0.25) is 0 Å². The highest BCUT2D eigenvalue weighted by Crippen LogP contribution is 2.41. The molecule has 2 amide bonds. The first-order valence-electron chi connectivity index (χ1n) is 10.4. The van der Waals surface area contributed by atoms with Crippen molar-refractivity contribution < 1.29 is 28.5 Å². The average molecular weight is 421 g/mol. The molecular weight excluding hydrogens is 388 g/mol. The van der Waals surface area contributed by atoms with Crippen LogP contribution < -0.4 is 9.47 Å². The molecule has 1 aromatic rings. The van der Waals surface area contributed by atoms with Gasteiger partial charge in [0.25, 0.3) is 5.91 Å². The Bertz CT molecular complexity index is 745. The van der Waals surface area contributed by atoms with E-state index in [0.717, 1.165) is 32.4 Å². The first-order chi connectivity index (χ1) is 14.5. The summed E-state index contributed by atoms with van der Waals surface area (Å²) in [6.07, 6.45) is 2.75. The first kappa shape index (κ1) is 22.4. The Morgan fingerprint density at radius 1 is 0.967 bits per heavy atom. The average Bonchev–Trinajstić information content (AvgIpc) is 3.19. The summed E-state index contributed by atoms with van der Waals surface area (Å²) in [6, 6.07) is 5.27. The minimum Gasteiger partial charge on any atom is -0.497 e. The molecule has 2 heterocycles. The van der Waals surface area contributed by atoms with Crippen LogP contribution in [0.25, 0.3) is 0 Å². The SMILES string of the molecule is COCCOCC(=O)N1CCC2(CCN(C(=O)c3cc(OC)ccc3OC)CC2)C1. The van der Waals surface area contributed by atoms with Crippen LogP contribution in [0.15, 0.2) is 18.2 Å². The van der Waals surface area contributed by atoms with Crippen molar-refractivity contribution >= 4 is 11.8 Å². The standard InChI is InChI=1S/C22H32N2O6/c1-27-12-13-30-15-20(25)24-11-8-22(16-24)6-9-23(10-7-22)21(26)18-14-17(28-2)4-5-19(18)29-3/h4-5,14H,6-13,15-16H2,1-3H3. The fourth-order valence-electron chi connectivity index (χ4n) is 4.28. The van der Waals surface area contributed by atoms with Gasteiger partial charge in [-0.2, -0.15) is 0 Å². The van der Waals surface area contributed by atoms with E-state index in [2.05, 4.69) is 0 Å². The lowest BCUT2D eigenvalue weighted by Crippen LogP contribution is -2.45. The highest BCUT2D eigenvalue weighted by molar-refractivity contribution is 5.97. The van der Waals surface area contributed by atoms with E-state index >= 15 is 0 Å². The molecule has 1 aromatic carbocycles. The van der Waals surface area contributed by atoms with Crippen LogP contribution in [-0.4, -0.2) is 88.9 Å². The number of piperidine rings is 1. The third-order valence-electron chi connectivity index (χ3n) is 6.20. The third kappa shape index (κ3) is 5.05. The molecule has 8 heteroatoms. The largest absolute Gasteiger partial charge is 0.497 e. The lowest BCUT2D eigenvalue weighted by Gasteiger charge is -2.39. The molecule has 0 bridgehead atoms. The summed E-state index contributed by atoms with van der Waals surface area (Å²) in [7, 11) is 4.75. The molecule has 30 heavy (non-hydrogen) atoms. The Labute approximate surface area is 178 Å². The molecule has 0 atom stereocenters. The molecule has 2 fully saturated rings. The van der Waals surface area contributed by atoms with E-state index in [-0.39, 0.29) is 23.8 Å². The normalized spacial score (nSPS) is 18.0. The molecule has 1 spiro atoms. The van der Waals surface area contributed by atoms with Crippen LogP contribution in [0.5, 0.6) is 11.5 Å². The molecule has 0 N–H and O–H groups in total. The van der Waals surface area contributed by atoms with Gasteiger partial charge in [0.1, 0.15) is 18.1 Å². The number of amides is 2. The maximum absolute atomic E-state index is 13.1. The van der Waals surface area contributed by atoms with Crippen molar-refractivity contribution in [2.24, 2.45) is 5.41 Å². The van der Waals surface area contributed by atoms with E-state index in [0.29, 0.717) is 43.4 Å². The molecule has 0 radical (unpaired) electrons. The maximum Gasteiger partial charge on any atom is 0.257 e. The zero-order valence-electron chi connectivity index (χ0n) is 18.1. The van der Waals surface area contributed by atoms with Crippen LogP contribution in [0.1, 0.15) is 29.6 Å². The molecule has 3 rings (SSSR count). The summed E-state index contributed by atoms with van der Waals surface area (Å²) in [5.74, 6) is 1.16. The monoisotopic (exact) mass is 420 g/mol. The Morgan fingerprint density at radius 3 is 2.30 bits per heavy atom. The van der Waals surface area contributed by atoms with Gasteiger partial charge in [-0.15, -0.1) is 0 Å². The second-order valence-corrected chi connectivity index (χ2v) is 7.97. The Balaban J connectivity index is 1.55. The number of likely N-dealkylation sites (tertiary alicyclic amines) is 2. The van der Waals surface area contributed by atoms with Crippen molar-refractivity contribution in [3.63, 3.8) is 0 Å². The zero-order valence-corrected chi connectivity index (χ0v) is 18.1. The maximum atomic E-state index is 13.1. The predicted octanol–water partition coefficient (Wildman–Crippen LogP) is 1.82. The second kappa shape index (κ2) is 10.1. The molecule has 2 saturated heterocycles. The molecule has 0 unspecified atom stereocenters. The number of benzene rings is 1. The lowest BCUT2D eigenvalue weighted by molar-refractivity contribution is -0.136. The van der Waals surface area contributed by atoms with Gasteiger partial charge in [0.2, 0.25) is 5.91 Å². The Hall–Kier alpha value is -2.32. The van der Waals surface area contributed by atoms with Gasteiger partial charge in [0, 0.05) is 33.3 Å². The summed E-state index contributed by atoms with van der Waals surface area (Å²) in [5.41, 5.74) is 0.612. The molecule has 0 aromatic heterocycles. The fourth-order valence-corrected chi connectivity index (χ4v) is 4.28. The quantitative estimate of drug-likeness (QED) is 0.597. The molecule has 8 nitrogen and oxygen atoms in total. The van der Waals surface area contributed by atoms with Gasteiger partial charge in [-0.25, -0.2) is 0 Å². The first-order valence-corrected chi connectivity index (χ1v) is 10.4. The highest BCUT2D eigenvalue weighted by Gasteiger charge is 2.43. The summed E-state index contributed by atoms with van der Waals surface area (Å²) in [6.45, 7) is 3.84. The van der Waals surface area contributed by atoms with E-state index in [4.69, 9.17) is 18.9 Å². The minimum absolute atomic E-state index is 0.0302. The van der Waals surface area contributed by atoms with Crippen molar-refractivity contribution in [2.45, 2.75) is 19.3 Å². The van der Waals surface area contributed by atoms with Crippen LogP contribution in [0.3, 0.4) is 0 Å². The summed E-state index contributed by atoms with van der Waals surface area (Å²) < 4.78 is 20.9. The van der Waals surface area contributed by atoms with Gasteiger partial charge in [-0.3, -0.25) is 9.59 Å². The minimum atomic E-state index is -0.0435. The van der Waals surface area contributed by atoms with E-state index < -0.39 is 0 Å². The van der Waals surface area contributed by atoms with E-state index in [9.17, 15) is 9.59 Å². The second-order valence-electron chi connectivity index (χ2n) is 7.97. The van der Waals surface area contributed by atoms with Crippen molar-refractivity contribution in [1.82, 2.24) is 9.80 Å². The van der Waals surface area contributed by atoms with Gasteiger partial charge in [0.15, 0.2) is 0 Å². The number of carbonyl (C=O) groups is 2. The molecule has 2 aliphatic heterocycles. The smallest absolute Gasteiger partial charge is 0.257 e. The van der Waals surface area contributed by atoms with E-state index in [1.54, 1.807) is 39.5 Å².